The summed E-state index contributed by atoms with van der Waals surface area (Å²) >= 11 is 0. The molecule has 0 aliphatic carbocycles. The fourth-order valence-electron chi connectivity index (χ4n) is 2.42. The van der Waals surface area contributed by atoms with Gasteiger partial charge in [-0.1, -0.05) is 30.3 Å². The van der Waals surface area contributed by atoms with E-state index in [2.05, 4.69) is 10.3 Å². The third-order valence-corrected chi connectivity index (χ3v) is 3.88. The Labute approximate surface area is 145 Å². The van der Waals surface area contributed by atoms with E-state index in [1.54, 1.807) is 24.4 Å². The molecule has 0 fully saturated rings. The summed E-state index contributed by atoms with van der Waals surface area (Å²) < 4.78 is 12.9. The highest BCUT2D eigenvalue weighted by Crippen LogP contribution is 2.22. The number of hydrogen-bond acceptors (Lipinski definition) is 3. The number of aromatic nitrogens is 1. The molecule has 1 amide bonds. The van der Waals surface area contributed by atoms with Crippen molar-refractivity contribution in [1.29, 1.82) is 0 Å². The summed E-state index contributed by atoms with van der Waals surface area (Å²) in [6.07, 6.45) is 3.24. The maximum absolute atomic E-state index is 12.9. The first kappa shape index (κ1) is 16.6. The standard InChI is InChI=1S/C20H18FN3O/c1-24(18-5-3-2-4-6-18)19-11-16(13-22-14-19)20(25)23-12-15-7-9-17(21)10-8-15/h2-11,13-14H,12H2,1H3,(H,23,25). The predicted molar refractivity (Wildman–Crippen MR) is 96.3 cm³/mol. The molecule has 3 rings (SSSR count). The summed E-state index contributed by atoms with van der Waals surface area (Å²) in [7, 11) is 1.92. The first-order chi connectivity index (χ1) is 12.1. The number of hydrogen-bond donors (Lipinski definition) is 1. The number of carbonyl (C=O) groups excluding carboxylic acids is 1. The molecule has 1 N–H and O–H groups in total. The Morgan fingerprint density at radius 1 is 1.04 bits per heavy atom. The number of nitrogens with zero attached hydrogens (tertiary/aromatic N) is 2. The van der Waals surface area contributed by atoms with Crippen LogP contribution in [0.2, 0.25) is 0 Å². The molecule has 4 nitrogen and oxygen atoms in total. The number of halogens is 1. The number of rotatable bonds is 5. The van der Waals surface area contributed by atoms with Crippen molar-refractivity contribution < 1.29 is 9.18 Å². The number of nitrogens with one attached hydrogen (secondary N) is 1. The van der Waals surface area contributed by atoms with Gasteiger partial charge in [-0.3, -0.25) is 9.78 Å². The predicted octanol–water partition coefficient (Wildman–Crippen LogP) is 3.92. The van der Waals surface area contributed by atoms with Crippen LogP contribution >= 0.6 is 0 Å². The summed E-state index contributed by atoms with van der Waals surface area (Å²) in [5, 5.41) is 2.82. The Morgan fingerprint density at radius 3 is 2.48 bits per heavy atom. The van der Waals surface area contributed by atoms with E-state index >= 15 is 0 Å². The molecule has 3 aromatic rings. The molecular formula is C20H18FN3O. The van der Waals surface area contributed by atoms with E-state index in [-0.39, 0.29) is 11.7 Å². The van der Waals surface area contributed by atoms with Crippen molar-refractivity contribution >= 4 is 17.3 Å². The van der Waals surface area contributed by atoms with Crippen molar-refractivity contribution in [3.05, 3.63) is 90.0 Å². The summed E-state index contributed by atoms with van der Waals surface area (Å²) in [6, 6.07) is 17.7. The smallest absolute Gasteiger partial charge is 0.253 e. The SMILES string of the molecule is CN(c1ccccc1)c1cncc(C(=O)NCc2ccc(F)cc2)c1. The number of pyridine rings is 1. The highest BCUT2D eigenvalue weighted by molar-refractivity contribution is 5.94. The Balaban J connectivity index is 1.70. The van der Waals surface area contributed by atoms with Crippen LogP contribution in [0.15, 0.2) is 73.1 Å². The largest absolute Gasteiger partial charge is 0.348 e. The summed E-state index contributed by atoms with van der Waals surface area (Å²) in [4.78, 5) is 18.5. The second-order valence-corrected chi connectivity index (χ2v) is 5.64. The van der Waals surface area contributed by atoms with Gasteiger partial charge in [0.25, 0.3) is 5.91 Å². The molecule has 0 aliphatic heterocycles. The fourth-order valence-corrected chi connectivity index (χ4v) is 2.42. The second-order valence-electron chi connectivity index (χ2n) is 5.64. The zero-order valence-electron chi connectivity index (χ0n) is 13.8. The molecule has 5 heteroatoms. The third kappa shape index (κ3) is 4.20. The van der Waals surface area contributed by atoms with Gasteiger partial charge in [0.15, 0.2) is 0 Å². The lowest BCUT2D eigenvalue weighted by Gasteiger charge is -2.19. The van der Waals surface area contributed by atoms with E-state index in [0.29, 0.717) is 12.1 Å². The molecule has 0 unspecified atom stereocenters. The fraction of sp³-hybridized carbons (Fsp3) is 0.100. The van der Waals surface area contributed by atoms with E-state index in [1.165, 1.54) is 18.3 Å². The average Bonchev–Trinajstić information content (AvgIpc) is 2.67. The van der Waals surface area contributed by atoms with E-state index in [0.717, 1.165) is 16.9 Å². The number of amides is 1. The molecule has 126 valence electrons. The normalized spacial score (nSPS) is 10.3. The van der Waals surface area contributed by atoms with Crippen LogP contribution in [0.1, 0.15) is 15.9 Å². The van der Waals surface area contributed by atoms with Crippen LogP contribution < -0.4 is 10.2 Å². The Bertz CT molecular complexity index is 850. The van der Waals surface area contributed by atoms with Crippen LogP contribution in [0.25, 0.3) is 0 Å². The van der Waals surface area contributed by atoms with Gasteiger partial charge >= 0.3 is 0 Å². The monoisotopic (exact) mass is 335 g/mol. The third-order valence-electron chi connectivity index (χ3n) is 3.88. The van der Waals surface area contributed by atoms with Gasteiger partial charge < -0.3 is 10.2 Å². The van der Waals surface area contributed by atoms with E-state index in [9.17, 15) is 9.18 Å². The van der Waals surface area contributed by atoms with Crippen molar-refractivity contribution in [1.82, 2.24) is 10.3 Å². The minimum absolute atomic E-state index is 0.222. The van der Waals surface area contributed by atoms with E-state index < -0.39 is 0 Å². The maximum atomic E-state index is 12.9. The Kier molecular flexibility index (Phi) is 5.04. The van der Waals surface area contributed by atoms with Crippen molar-refractivity contribution in [3.63, 3.8) is 0 Å². The molecule has 0 spiro atoms. The van der Waals surface area contributed by atoms with Crippen LogP contribution in [0.5, 0.6) is 0 Å². The number of carbonyl (C=O) groups is 1. The summed E-state index contributed by atoms with van der Waals surface area (Å²) in [6.45, 7) is 0.331. The lowest BCUT2D eigenvalue weighted by atomic mass is 10.2. The first-order valence-electron chi connectivity index (χ1n) is 7.90. The quantitative estimate of drug-likeness (QED) is 0.769. The minimum atomic E-state index is -0.295. The molecule has 25 heavy (non-hydrogen) atoms. The molecule has 2 aromatic carbocycles. The molecule has 1 aromatic heterocycles. The number of para-hydroxylation sites is 1. The van der Waals surface area contributed by atoms with Crippen molar-refractivity contribution in [2.45, 2.75) is 6.54 Å². The van der Waals surface area contributed by atoms with Crippen molar-refractivity contribution in [2.75, 3.05) is 11.9 Å². The van der Waals surface area contributed by atoms with Crippen LogP contribution in [0.4, 0.5) is 15.8 Å². The summed E-state index contributed by atoms with van der Waals surface area (Å²) in [5.74, 6) is -0.518. The minimum Gasteiger partial charge on any atom is -0.348 e. The molecule has 0 saturated carbocycles. The molecule has 1 heterocycles. The number of benzene rings is 2. The highest BCUT2D eigenvalue weighted by Gasteiger charge is 2.10. The first-order valence-corrected chi connectivity index (χ1v) is 7.90. The van der Waals surface area contributed by atoms with Gasteiger partial charge in [-0.2, -0.15) is 0 Å². The molecular weight excluding hydrogens is 317 g/mol. The maximum Gasteiger partial charge on any atom is 0.253 e. The zero-order valence-corrected chi connectivity index (χ0v) is 13.8. The van der Waals surface area contributed by atoms with Crippen LogP contribution in [-0.2, 0) is 6.54 Å². The molecule has 0 bridgehead atoms. The van der Waals surface area contributed by atoms with Gasteiger partial charge in [0.2, 0.25) is 0 Å². The van der Waals surface area contributed by atoms with E-state index in [1.807, 2.05) is 42.3 Å². The van der Waals surface area contributed by atoms with Crippen LogP contribution in [0, 0.1) is 5.82 Å². The molecule has 0 radical (unpaired) electrons. The van der Waals surface area contributed by atoms with Crippen molar-refractivity contribution in [2.24, 2.45) is 0 Å². The Morgan fingerprint density at radius 2 is 1.76 bits per heavy atom. The van der Waals surface area contributed by atoms with Gasteiger partial charge in [-0.05, 0) is 35.9 Å². The van der Waals surface area contributed by atoms with Crippen LogP contribution in [0.3, 0.4) is 0 Å². The Hall–Kier alpha value is -3.21. The number of anilines is 2. The van der Waals surface area contributed by atoms with Gasteiger partial charge in [0, 0.05) is 25.5 Å². The average molecular weight is 335 g/mol. The topological polar surface area (TPSA) is 45.2 Å². The van der Waals surface area contributed by atoms with E-state index in [4.69, 9.17) is 0 Å². The van der Waals surface area contributed by atoms with Gasteiger partial charge in [0.05, 0.1) is 17.4 Å². The molecule has 0 saturated heterocycles. The lowest BCUT2D eigenvalue weighted by molar-refractivity contribution is 0.0950. The van der Waals surface area contributed by atoms with Crippen LogP contribution in [-0.4, -0.2) is 17.9 Å². The van der Waals surface area contributed by atoms with Gasteiger partial charge in [0.1, 0.15) is 5.82 Å². The van der Waals surface area contributed by atoms with Crippen molar-refractivity contribution in [3.8, 4) is 0 Å². The van der Waals surface area contributed by atoms with Gasteiger partial charge in [-0.15, -0.1) is 0 Å². The molecule has 0 aliphatic rings. The van der Waals surface area contributed by atoms with Gasteiger partial charge in [-0.25, -0.2) is 4.39 Å². The zero-order chi connectivity index (χ0) is 17.6. The highest BCUT2D eigenvalue weighted by atomic mass is 19.1. The molecule has 0 atom stereocenters. The summed E-state index contributed by atoms with van der Waals surface area (Å²) in [5.41, 5.74) is 3.14. The second kappa shape index (κ2) is 7.57. The lowest BCUT2D eigenvalue weighted by Crippen LogP contribution is -2.23.